The highest BCUT2D eigenvalue weighted by Gasteiger charge is 2.11. The molecule has 1 aromatic carbocycles. The second-order valence-corrected chi connectivity index (χ2v) is 4.38. The van der Waals surface area contributed by atoms with Crippen LogP contribution in [-0.2, 0) is 6.54 Å². The molecule has 16 heavy (non-hydrogen) atoms. The van der Waals surface area contributed by atoms with Crippen LogP contribution in [-0.4, -0.2) is 20.8 Å². The van der Waals surface area contributed by atoms with E-state index in [9.17, 15) is 0 Å². The fraction of sp³-hybridized carbons (Fsp3) is 0.500. The summed E-state index contributed by atoms with van der Waals surface area (Å²) >= 11 is 3.43. The van der Waals surface area contributed by atoms with Gasteiger partial charge in [0.25, 0.3) is 0 Å². The Balaban J connectivity index is 2.93. The Hall–Kier alpha value is -0.740. The predicted molar refractivity (Wildman–Crippen MR) is 69.2 cm³/mol. The van der Waals surface area contributed by atoms with Crippen LogP contribution in [0.25, 0.3) is 0 Å². The molecular formula is C12H18BrNO2. The molecule has 0 aliphatic rings. The number of benzene rings is 1. The topological polar surface area (TPSA) is 30.5 Å². The van der Waals surface area contributed by atoms with Gasteiger partial charge in [0, 0.05) is 16.6 Å². The molecule has 0 aromatic heterocycles. The van der Waals surface area contributed by atoms with E-state index in [1.54, 1.807) is 14.2 Å². The number of methoxy groups -OCH3 is 2. The third kappa shape index (κ3) is 3.39. The number of ether oxygens (including phenoxy) is 2. The average molecular weight is 288 g/mol. The van der Waals surface area contributed by atoms with Crippen molar-refractivity contribution in [3.63, 3.8) is 0 Å². The summed E-state index contributed by atoms with van der Waals surface area (Å²) in [6.45, 7) is 3.89. The van der Waals surface area contributed by atoms with Crippen LogP contribution >= 0.6 is 15.9 Å². The summed E-state index contributed by atoms with van der Waals surface area (Å²) in [4.78, 5) is 0. The summed E-state index contributed by atoms with van der Waals surface area (Å²) in [5.74, 6) is 1.68. The minimum absolute atomic E-state index is 0.757. The lowest BCUT2D eigenvalue weighted by Crippen LogP contribution is -2.15. The fourth-order valence-electron chi connectivity index (χ4n) is 1.52. The molecule has 1 aromatic rings. The minimum atomic E-state index is 0.757. The molecule has 0 unspecified atom stereocenters. The van der Waals surface area contributed by atoms with Gasteiger partial charge >= 0.3 is 0 Å². The molecule has 0 aliphatic heterocycles. The zero-order valence-electron chi connectivity index (χ0n) is 9.97. The summed E-state index contributed by atoms with van der Waals surface area (Å²) in [5.41, 5.74) is 1.06. The quantitative estimate of drug-likeness (QED) is 0.816. The number of rotatable bonds is 6. The van der Waals surface area contributed by atoms with Crippen molar-refractivity contribution in [2.45, 2.75) is 19.9 Å². The Labute approximate surface area is 105 Å². The summed E-state index contributed by atoms with van der Waals surface area (Å²) in [5, 5.41) is 3.34. The predicted octanol–water partition coefficient (Wildman–Crippen LogP) is 2.97. The van der Waals surface area contributed by atoms with Gasteiger partial charge in [-0.1, -0.05) is 22.9 Å². The van der Waals surface area contributed by atoms with Crippen LogP contribution in [0, 0.1) is 0 Å². The van der Waals surface area contributed by atoms with Crippen molar-refractivity contribution >= 4 is 15.9 Å². The fourth-order valence-corrected chi connectivity index (χ4v) is 1.93. The lowest BCUT2D eigenvalue weighted by Gasteiger charge is -2.14. The largest absolute Gasteiger partial charge is 0.496 e. The van der Waals surface area contributed by atoms with Crippen LogP contribution < -0.4 is 14.8 Å². The van der Waals surface area contributed by atoms with E-state index < -0.39 is 0 Å². The minimum Gasteiger partial charge on any atom is -0.496 e. The maximum atomic E-state index is 5.35. The van der Waals surface area contributed by atoms with Gasteiger partial charge in [-0.3, -0.25) is 0 Å². The van der Waals surface area contributed by atoms with Crippen molar-refractivity contribution < 1.29 is 9.47 Å². The van der Waals surface area contributed by atoms with Crippen molar-refractivity contribution in [2.24, 2.45) is 0 Å². The van der Waals surface area contributed by atoms with Gasteiger partial charge in [0.2, 0.25) is 0 Å². The number of halogens is 1. The Morgan fingerprint density at radius 1 is 1.19 bits per heavy atom. The van der Waals surface area contributed by atoms with Gasteiger partial charge in [-0.15, -0.1) is 0 Å². The standard InChI is InChI=1S/C12H18BrNO2/c1-4-5-14-8-10-11(15-2)6-9(13)7-12(10)16-3/h6-7,14H,4-5,8H2,1-3H3. The van der Waals surface area contributed by atoms with Gasteiger partial charge in [-0.25, -0.2) is 0 Å². The third-order valence-electron chi connectivity index (χ3n) is 2.30. The molecular weight excluding hydrogens is 270 g/mol. The lowest BCUT2D eigenvalue weighted by molar-refractivity contribution is 0.382. The number of hydrogen-bond acceptors (Lipinski definition) is 3. The molecule has 0 heterocycles. The maximum Gasteiger partial charge on any atom is 0.128 e. The van der Waals surface area contributed by atoms with Crippen LogP contribution in [0.2, 0.25) is 0 Å². The molecule has 0 amide bonds. The molecule has 0 atom stereocenters. The van der Waals surface area contributed by atoms with Crippen molar-refractivity contribution in [3.05, 3.63) is 22.2 Å². The van der Waals surface area contributed by atoms with E-state index in [4.69, 9.17) is 9.47 Å². The normalized spacial score (nSPS) is 10.2. The summed E-state index contributed by atoms with van der Waals surface area (Å²) in [6.07, 6.45) is 1.11. The smallest absolute Gasteiger partial charge is 0.128 e. The van der Waals surface area contributed by atoms with E-state index in [0.29, 0.717) is 0 Å². The van der Waals surface area contributed by atoms with E-state index in [1.807, 2.05) is 12.1 Å². The van der Waals surface area contributed by atoms with E-state index in [0.717, 1.165) is 41.0 Å². The van der Waals surface area contributed by atoms with Crippen LogP contribution in [0.5, 0.6) is 11.5 Å². The van der Waals surface area contributed by atoms with Gasteiger partial charge < -0.3 is 14.8 Å². The molecule has 0 bridgehead atoms. The number of nitrogens with one attached hydrogen (secondary N) is 1. The van der Waals surface area contributed by atoms with Crippen LogP contribution in [0.1, 0.15) is 18.9 Å². The molecule has 1 N–H and O–H groups in total. The first-order valence-corrected chi connectivity index (χ1v) is 6.13. The summed E-state index contributed by atoms with van der Waals surface area (Å²) in [7, 11) is 3.34. The highest BCUT2D eigenvalue weighted by Crippen LogP contribution is 2.32. The van der Waals surface area contributed by atoms with E-state index in [2.05, 4.69) is 28.2 Å². The first-order chi connectivity index (χ1) is 7.72. The van der Waals surface area contributed by atoms with E-state index in [-0.39, 0.29) is 0 Å². The lowest BCUT2D eigenvalue weighted by atomic mass is 10.1. The highest BCUT2D eigenvalue weighted by molar-refractivity contribution is 9.10. The summed E-state index contributed by atoms with van der Waals surface area (Å²) in [6, 6.07) is 3.90. The van der Waals surface area contributed by atoms with Gasteiger partial charge in [0.05, 0.1) is 14.2 Å². The zero-order valence-corrected chi connectivity index (χ0v) is 11.6. The molecule has 0 spiro atoms. The molecule has 0 radical (unpaired) electrons. The molecule has 0 fully saturated rings. The zero-order chi connectivity index (χ0) is 12.0. The van der Waals surface area contributed by atoms with Crippen LogP contribution in [0.3, 0.4) is 0 Å². The Bertz CT molecular complexity index is 317. The van der Waals surface area contributed by atoms with Gasteiger partial charge in [-0.05, 0) is 25.1 Å². The first-order valence-electron chi connectivity index (χ1n) is 5.34. The molecule has 90 valence electrons. The molecule has 0 aliphatic carbocycles. The van der Waals surface area contributed by atoms with Gasteiger partial charge in [0.1, 0.15) is 11.5 Å². The average Bonchev–Trinajstić information content (AvgIpc) is 2.30. The Morgan fingerprint density at radius 3 is 2.19 bits per heavy atom. The van der Waals surface area contributed by atoms with Crippen molar-refractivity contribution in [1.29, 1.82) is 0 Å². The molecule has 0 saturated heterocycles. The Morgan fingerprint density at radius 2 is 1.75 bits per heavy atom. The second-order valence-electron chi connectivity index (χ2n) is 3.47. The molecule has 0 saturated carbocycles. The summed E-state index contributed by atoms with van der Waals surface area (Å²) < 4.78 is 11.7. The highest BCUT2D eigenvalue weighted by atomic mass is 79.9. The molecule has 3 nitrogen and oxygen atoms in total. The van der Waals surface area contributed by atoms with E-state index >= 15 is 0 Å². The second kappa shape index (κ2) is 6.76. The van der Waals surface area contributed by atoms with Crippen LogP contribution in [0.4, 0.5) is 0 Å². The van der Waals surface area contributed by atoms with Crippen LogP contribution in [0.15, 0.2) is 16.6 Å². The first kappa shape index (κ1) is 13.3. The maximum absolute atomic E-state index is 5.35. The molecule has 1 rings (SSSR count). The monoisotopic (exact) mass is 287 g/mol. The number of hydrogen-bond donors (Lipinski definition) is 1. The van der Waals surface area contributed by atoms with Gasteiger partial charge in [-0.2, -0.15) is 0 Å². The SMILES string of the molecule is CCCNCc1c(OC)cc(Br)cc1OC. The Kier molecular flexibility index (Phi) is 5.63. The van der Waals surface area contributed by atoms with Gasteiger partial charge in [0.15, 0.2) is 0 Å². The third-order valence-corrected chi connectivity index (χ3v) is 2.76. The molecule has 4 heteroatoms. The van der Waals surface area contributed by atoms with E-state index in [1.165, 1.54) is 0 Å². The van der Waals surface area contributed by atoms with Crippen molar-refractivity contribution in [1.82, 2.24) is 5.32 Å². The van der Waals surface area contributed by atoms with Crippen molar-refractivity contribution in [3.8, 4) is 11.5 Å². The van der Waals surface area contributed by atoms with Crippen molar-refractivity contribution in [2.75, 3.05) is 20.8 Å².